The first kappa shape index (κ1) is 20.0. The molecular formula is C20H29FN2O4. The zero-order chi connectivity index (χ0) is 19.7. The Labute approximate surface area is 159 Å². The van der Waals surface area contributed by atoms with Crippen LogP contribution in [-0.2, 0) is 16.1 Å². The summed E-state index contributed by atoms with van der Waals surface area (Å²) in [6, 6.07) is 4.39. The van der Waals surface area contributed by atoms with Gasteiger partial charge in [0.1, 0.15) is 11.6 Å². The predicted molar refractivity (Wildman–Crippen MR) is 99.0 cm³/mol. The fraction of sp³-hybridized carbons (Fsp3) is 0.650. The maximum atomic E-state index is 14.1. The highest BCUT2D eigenvalue weighted by Crippen LogP contribution is 2.40. The quantitative estimate of drug-likeness (QED) is 0.834. The predicted octanol–water partition coefficient (Wildman–Crippen LogP) is 1.84. The number of hydrogen-bond acceptors (Lipinski definition) is 5. The van der Waals surface area contributed by atoms with Crippen LogP contribution in [0.3, 0.4) is 0 Å². The minimum atomic E-state index is -1.01. The summed E-state index contributed by atoms with van der Waals surface area (Å²) in [5, 5.41) is 13.6. The summed E-state index contributed by atoms with van der Waals surface area (Å²) in [4.78, 5) is 13.5. The molecule has 27 heavy (non-hydrogen) atoms. The molecule has 0 unspecified atom stereocenters. The summed E-state index contributed by atoms with van der Waals surface area (Å²) in [5.74, 6) is 0.247. The largest absolute Gasteiger partial charge is 0.497 e. The van der Waals surface area contributed by atoms with Gasteiger partial charge in [-0.3, -0.25) is 9.69 Å². The molecule has 2 atom stereocenters. The van der Waals surface area contributed by atoms with Gasteiger partial charge in [-0.05, 0) is 38.0 Å². The second kappa shape index (κ2) is 7.73. The molecule has 2 heterocycles. The van der Waals surface area contributed by atoms with Crippen LogP contribution in [0.4, 0.5) is 4.39 Å². The summed E-state index contributed by atoms with van der Waals surface area (Å²) in [6.07, 6.45) is 2.01. The van der Waals surface area contributed by atoms with Gasteiger partial charge in [-0.1, -0.05) is 0 Å². The third-order valence-corrected chi connectivity index (χ3v) is 5.78. The molecule has 6 nitrogen and oxygen atoms in total. The lowest BCUT2D eigenvalue weighted by Gasteiger charge is -2.51. The van der Waals surface area contributed by atoms with Gasteiger partial charge in [0, 0.05) is 38.5 Å². The van der Waals surface area contributed by atoms with Crippen molar-refractivity contribution in [1.82, 2.24) is 10.2 Å². The molecule has 2 aliphatic heterocycles. The minimum absolute atomic E-state index is 0.171. The summed E-state index contributed by atoms with van der Waals surface area (Å²) >= 11 is 0. The van der Waals surface area contributed by atoms with Crippen molar-refractivity contribution in [2.45, 2.75) is 56.9 Å². The second-order valence-electron chi connectivity index (χ2n) is 8.01. The molecular weight excluding hydrogens is 351 g/mol. The first-order chi connectivity index (χ1) is 12.7. The van der Waals surface area contributed by atoms with Crippen LogP contribution in [0.15, 0.2) is 18.2 Å². The van der Waals surface area contributed by atoms with E-state index in [2.05, 4.69) is 10.2 Å². The van der Waals surface area contributed by atoms with Crippen molar-refractivity contribution in [1.29, 1.82) is 0 Å². The Morgan fingerprint density at radius 2 is 2.15 bits per heavy atom. The van der Waals surface area contributed by atoms with Gasteiger partial charge in [0.05, 0.1) is 31.0 Å². The van der Waals surface area contributed by atoms with Crippen LogP contribution in [-0.4, -0.2) is 60.0 Å². The molecule has 3 rings (SSSR count). The van der Waals surface area contributed by atoms with Gasteiger partial charge in [-0.25, -0.2) is 4.39 Å². The summed E-state index contributed by atoms with van der Waals surface area (Å²) in [7, 11) is 1.57. The van der Waals surface area contributed by atoms with Gasteiger partial charge in [-0.15, -0.1) is 0 Å². The molecule has 1 aromatic carbocycles. The number of nitrogens with one attached hydrogen (secondary N) is 1. The van der Waals surface area contributed by atoms with Gasteiger partial charge in [0.15, 0.2) is 0 Å². The van der Waals surface area contributed by atoms with Crippen LogP contribution in [0.25, 0.3) is 0 Å². The number of piperidine rings is 1. The molecule has 1 spiro atoms. The highest BCUT2D eigenvalue weighted by Gasteiger charge is 2.49. The highest BCUT2D eigenvalue weighted by molar-refractivity contribution is 5.73. The number of halogens is 1. The van der Waals surface area contributed by atoms with E-state index in [1.807, 2.05) is 0 Å². The number of carbonyl (C=O) groups is 1. The van der Waals surface area contributed by atoms with E-state index >= 15 is 0 Å². The average molecular weight is 380 g/mol. The van der Waals surface area contributed by atoms with Gasteiger partial charge in [0.2, 0.25) is 5.91 Å². The van der Waals surface area contributed by atoms with Crippen LogP contribution < -0.4 is 10.1 Å². The van der Waals surface area contributed by atoms with Gasteiger partial charge >= 0.3 is 0 Å². The Hall–Kier alpha value is -1.70. The van der Waals surface area contributed by atoms with Gasteiger partial charge < -0.3 is 19.9 Å². The van der Waals surface area contributed by atoms with Crippen LogP contribution in [0.2, 0.25) is 0 Å². The van der Waals surface area contributed by atoms with Crippen molar-refractivity contribution in [3.05, 3.63) is 29.6 Å². The fourth-order valence-corrected chi connectivity index (χ4v) is 4.19. The number of nitrogens with zero attached hydrogens (tertiary/aromatic N) is 1. The van der Waals surface area contributed by atoms with Crippen molar-refractivity contribution in [2.24, 2.45) is 0 Å². The van der Waals surface area contributed by atoms with E-state index < -0.39 is 11.6 Å². The average Bonchev–Trinajstić information content (AvgIpc) is 2.61. The van der Waals surface area contributed by atoms with Crippen molar-refractivity contribution >= 4 is 5.91 Å². The van der Waals surface area contributed by atoms with Crippen LogP contribution in [0.5, 0.6) is 5.75 Å². The lowest BCUT2D eigenvalue weighted by Crippen LogP contribution is -2.63. The Morgan fingerprint density at radius 1 is 1.44 bits per heavy atom. The van der Waals surface area contributed by atoms with E-state index in [1.165, 1.54) is 13.0 Å². The summed E-state index contributed by atoms with van der Waals surface area (Å²) in [5.41, 5.74) is -0.778. The number of amides is 1. The number of rotatable bonds is 4. The number of methoxy groups -OCH3 is 1. The fourth-order valence-electron chi connectivity index (χ4n) is 4.19. The number of aliphatic hydroxyl groups is 1. The van der Waals surface area contributed by atoms with Crippen LogP contribution in [0.1, 0.15) is 38.7 Å². The number of hydrogen-bond donors (Lipinski definition) is 2. The molecule has 2 N–H and O–H groups in total. The molecule has 0 bridgehead atoms. The normalized spacial score (nSPS) is 28.1. The highest BCUT2D eigenvalue weighted by atomic mass is 19.1. The molecule has 0 aliphatic carbocycles. The molecule has 1 amide bonds. The number of benzene rings is 1. The smallest absolute Gasteiger partial charge is 0.217 e. The second-order valence-corrected chi connectivity index (χ2v) is 8.01. The monoisotopic (exact) mass is 380 g/mol. The van der Waals surface area contributed by atoms with Crippen molar-refractivity contribution < 1.29 is 23.8 Å². The maximum Gasteiger partial charge on any atom is 0.217 e. The molecule has 2 fully saturated rings. The first-order valence-corrected chi connectivity index (χ1v) is 9.41. The molecule has 2 aliphatic rings. The van der Waals surface area contributed by atoms with Crippen molar-refractivity contribution in [3.8, 4) is 5.75 Å². The van der Waals surface area contributed by atoms with Crippen LogP contribution in [0, 0.1) is 5.82 Å². The van der Waals surface area contributed by atoms with E-state index in [0.29, 0.717) is 30.9 Å². The molecule has 7 heteroatoms. The SMILES string of the molecule is COc1ccc(F)c(CN2CCC3(CC2)C[C@](C)(O)[C@@H](NC(C)=O)CO3)c1. The Balaban J connectivity index is 1.60. The zero-order valence-corrected chi connectivity index (χ0v) is 16.3. The van der Waals surface area contributed by atoms with Crippen molar-refractivity contribution in [3.63, 3.8) is 0 Å². The molecule has 0 radical (unpaired) electrons. The van der Waals surface area contributed by atoms with E-state index in [4.69, 9.17) is 9.47 Å². The number of ether oxygens (including phenoxy) is 2. The zero-order valence-electron chi connectivity index (χ0n) is 16.3. The lowest BCUT2D eigenvalue weighted by molar-refractivity contribution is -0.189. The molecule has 0 saturated carbocycles. The van der Waals surface area contributed by atoms with E-state index in [0.717, 1.165) is 25.9 Å². The Kier molecular flexibility index (Phi) is 5.74. The van der Waals surface area contributed by atoms with Gasteiger partial charge in [-0.2, -0.15) is 0 Å². The lowest BCUT2D eigenvalue weighted by atomic mass is 9.75. The Bertz CT molecular complexity index is 687. The Morgan fingerprint density at radius 3 is 2.74 bits per heavy atom. The molecule has 2 saturated heterocycles. The molecule has 0 aromatic heterocycles. The first-order valence-electron chi connectivity index (χ1n) is 9.41. The third kappa shape index (κ3) is 4.59. The summed E-state index contributed by atoms with van der Waals surface area (Å²) < 4.78 is 25.4. The standard InChI is InChI=1S/C20H29FN2O4/c1-14(24)22-18-12-27-20(13-19(18,2)25)6-8-23(9-7-20)11-15-10-16(26-3)4-5-17(15)21/h4-5,10,18,25H,6-9,11-13H2,1-3H3,(H,22,24)/t18-,19-/m0/s1. The number of carbonyl (C=O) groups excluding carboxylic acids is 1. The summed E-state index contributed by atoms with van der Waals surface area (Å²) in [6.45, 7) is 5.54. The molecule has 1 aromatic rings. The van der Waals surface area contributed by atoms with Crippen molar-refractivity contribution in [2.75, 3.05) is 26.8 Å². The van der Waals surface area contributed by atoms with E-state index in [-0.39, 0.29) is 17.3 Å². The van der Waals surface area contributed by atoms with E-state index in [9.17, 15) is 14.3 Å². The maximum absolute atomic E-state index is 14.1. The van der Waals surface area contributed by atoms with Gasteiger partial charge in [0.25, 0.3) is 0 Å². The molecule has 150 valence electrons. The van der Waals surface area contributed by atoms with E-state index in [1.54, 1.807) is 26.2 Å². The minimum Gasteiger partial charge on any atom is -0.497 e. The number of likely N-dealkylation sites (tertiary alicyclic amines) is 1. The topological polar surface area (TPSA) is 71.0 Å². The van der Waals surface area contributed by atoms with Crippen LogP contribution >= 0.6 is 0 Å². The third-order valence-electron chi connectivity index (χ3n) is 5.78.